The maximum atomic E-state index is 15.7. The van der Waals surface area contributed by atoms with Crippen molar-refractivity contribution in [2.24, 2.45) is 17.4 Å². The van der Waals surface area contributed by atoms with E-state index in [1.807, 2.05) is 13.8 Å². The predicted molar refractivity (Wildman–Crippen MR) is 501 cm³/mol. The summed E-state index contributed by atoms with van der Waals surface area (Å²) < 4.78 is 11.6. The summed E-state index contributed by atoms with van der Waals surface area (Å²) in [5.41, 5.74) is 14.2. The molecule has 2 saturated heterocycles. The van der Waals surface area contributed by atoms with Crippen LogP contribution in [0, 0.1) is 11.3 Å². The van der Waals surface area contributed by atoms with Gasteiger partial charge >= 0.3 is 0 Å². The van der Waals surface area contributed by atoms with E-state index in [-0.39, 0.29) is 101 Å². The normalized spacial score (nSPS) is 23.8. The van der Waals surface area contributed by atoms with Gasteiger partial charge in [-0.05, 0) is 98.7 Å². The van der Waals surface area contributed by atoms with Crippen LogP contribution in [0.4, 0.5) is 0 Å². The minimum atomic E-state index is -1.85. The van der Waals surface area contributed by atoms with Crippen molar-refractivity contribution in [2.75, 3.05) is 86.3 Å². The number of hydrogen-bond donors (Lipinski definition) is 19. The SMILES string of the molecule is CCCC[C@H]1C(=O)N(C)[C@@H](CCCC)C(=O)N[C@@H](CCCNC(=N)N)C(=O)N[C@H](C(=O)NCC(N)=O)CSCC(=O)N[C@H]2Cc3ccc(c(OC)c3)OCNC(=O)C[C@H](NC(=O)[C@H](C)N(C)C2=O)C(=O)N2CCC[C@H]2C(=O)N[C@@H](Cc2cnc[nH]2)C(=O)N[C@@H](CC(C)C)C(=O)N(C)CC(=O)N[C@@H](Cc2c[nH]c3ccccc23)C(=O)N[C@@H](CO)C(=O)N[C@@H](Cc2c[nH]c3ccccc23)C(=O)N1C. The Kier molecular flexibility index (Phi) is 39.7. The third-order valence-corrected chi connectivity index (χ3v) is 25.0. The molecule has 738 valence electrons. The number of aromatic amines is 3. The standard InChI is InChI=1S/C91H128N24O20S/c1-11-13-26-69-84(127)104-60(25-19-31-96-91(93)94)80(123)110-68(79(122)99-43-74(92)117)46-136-47-77(120)103-64-34-52-29-30-72(73(35-52)134-10)135-49-101-75(118)39-66(106-78(121)51(5)112(7)87(64)130)89(132)115-32-20-28-70(115)85(128)105-62(38-55-42-95-48-100-55)82(125)107-63(33-50(3)4)86(129)111(6)44-76(119)102-61(36-53-40-97-58-23-17-15-21-56(53)58)81(124)109-67(45-116)83(126)108-65(37-54-41-98-59-24-18-16-22-57(54)59)88(131)114(9)71(27-14-12-2)90(133)113(69)8/h15-18,21-24,29-30,35,40-42,48,50-51,60-71,97-98,116H,11-14,19-20,25-28,31-34,36-39,43-47,49H2,1-10H3,(H2,92,117)(H,95,100)(H,99,122)(H,101,118)(H,102,119)(H,103,120)(H,104,127)(H,105,128)(H,106,121)(H,107,125)(H,108,126)(H,109,124)(H,110,123)(H4,93,94,96)/t51-,60-,61-,62-,63-,64-,65-,66-,67-,68-,69-,70-,71-/m0/s1. The first-order chi connectivity index (χ1) is 64.9. The highest BCUT2D eigenvalue weighted by molar-refractivity contribution is 8.00. The largest absolute Gasteiger partial charge is 0.493 e. The van der Waals surface area contributed by atoms with Crippen LogP contribution in [0.1, 0.15) is 134 Å². The molecule has 17 amide bonds. The molecule has 45 heteroatoms. The number of ether oxygens (including phenoxy) is 2. The highest BCUT2D eigenvalue weighted by Crippen LogP contribution is 2.31. The van der Waals surface area contributed by atoms with Crippen LogP contribution < -0.4 is 84.7 Å². The van der Waals surface area contributed by atoms with E-state index in [1.165, 1.54) is 66.9 Å². The lowest BCUT2D eigenvalue weighted by atomic mass is 10.00. The molecule has 0 radical (unpaired) electrons. The zero-order chi connectivity index (χ0) is 99.1. The Bertz CT molecular complexity index is 5260. The van der Waals surface area contributed by atoms with E-state index in [0.717, 1.165) is 36.3 Å². The van der Waals surface area contributed by atoms with Gasteiger partial charge in [-0.1, -0.05) is 95.8 Å². The van der Waals surface area contributed by atoms with Gasteiger partial charge in [-0.3, -0.25) is 86.9 Å². The van der Waals surface area contributed by atoms with E-state index in [2.05, 4.69) is 83.7 Å². The molecule has 13 atom stereocenters. The van der Waals surface area contributed by atoms with Gasteiger partial charge in [-0.25, -0.2) is 4.98 Å². The molecule has 44 nitrogen and oxygen atoms in total. The van der Waals surface area contributed by atoms with Crippen LogP contribution in [0.15, 0.2) is 91.6 Å². The molecule has 6 aromatic rings. The maximum absolute atomic E-state index is 15.7. The number of para-hydroxylation sites is 2. The summed E-state index contributed by atoms with van der Waals surface area (Å²) in [4.78, 5) is 270. The Morgan fingerprint density at radius 2 is 1.20 bits per heavy atom. The van der Waals surface area contributed by atoms with Crippen LogP contribution in [0.25, 0.3) is 21.8 Å². The van der Waals surface area contributed by atoms with Gasteiger partial charge in [0.2, 0.25) is 100 Å². The Labute approximate surface area is 791 Å². The highest BCUT2D eigenvalue weighted by atomic mass is 32.2. The van der Waals surface area contributed by atoms with E-state index in [9.17, 15) is 43.5 Å². The smallest absolute Gasteiger partial charge is 0.246 e. The van der Waals surface area contributed by atoms with Gasteiger partial charge in [0.1, 0.15) is 78.5 Å². The van der Waals surface area contributed by atoms with Crippen LogP contribution in [0.3, 0.4) is 0 Å². The third-order valence-electron chi connectivity index (χ3n) is 24.0. The van der Waals surface area contributed by atoms with Gasteiger partial charge in [0.05, 0.1) is 45.3 Å². The van der Waals surface area contributed by atoms with E-state index in [0.29, 0.717) is 69.9 Å². The first kappa shape index (κ1) is 106. The summed E-state index contributed by atoms with van der Waals surface area (Å²) in [7, 11) is 6.58. The van der Waals surface area contributed by atoms with E-state index < -0.39 is 229 Å². The van der Waals surface area contributed by atoms with E-state index in [1.54, 1.807) is 80.8 Å². The summed E-state index contributed by atoms with van der Waals surface area (Å²) in [5.74, 6) is -16.9. The van der Waals surface area contributed by atoms with Crippen molar-refractivity contribution in [1.82, 2.24) is 108 Å². The second-order valence-electron chi connectivity index (χ2n) is 34.6. The first-order valence-corrected chi connectivity index (χ1v) is 46.6. The number of likely N-dealkylation sites (N-methyl/N-ethyl adjacent to an activating group) is 4. The number of H-pyrrole nitrogens is 3. The molecule has 4 aliphatic heterocycles. The molecule has 4 bridgehead atoms. The number of rotatable bonds is 23. The minimum absolute atomic E-state index is 0.00147. The van der Waals surface area contributed by atoms with Gasteiger partial charge in [0, 0.05) is 119 Å². The Morgan fingerprint density at radius 1 is 0.603 bits per heavy atom. The Hall–Kier alpha value is -13.9. The molecule has 7 heterocycles. The Morgan fingerprint density at radius 3 is 1.82 bits per heavy atom. The molecule has 3 aromatic carbocycles. The van der Waals surface area contributed by atoms with E-state index >= 15 is 43.2 Å². The quantitative estimate of drug-likeness (QED) is 0.0185. The van der Waals surface area contributed by atoms with Gasteiger partial charge in [0.15, 0.2) is 24.2 Å². The second kappa shape index (κ2) is 51.0. The van der Waals surface area contributed by atoms with Crippen molar-refractivity contribution >= 4 is 140 Å². The van der Waals surface area contributed by atoms with Crippen molar-refractivity contribution in [2.45, 2.75) is 216 Å². The van der Waals surface area contributed by atoms with Crippen LogP contribution >= 0.6 is 11.8 Å². The lowest BCUT2D eigenvalue weighted by Crippen LogP contribution is -2.61. The van der Waals surface area contributed by atoms with Crippen molar-refractivity contribution in [1.29, 1.82) is 5.41 Å². The maximum Gasteiger partial charge on any atom is 0.246 e. The number of carbonyl (C=O) groups excluding carboxylic acids is 17. The zero-order valence-corrected chi connectivity index (χ0v) is 79.0. The zero-order valence-electron chi connectivity index (χ0n) is 78.2. The van der Waals surface area contributed by atoms with Crippen molar-refractivity contribution < 1.29 is 96.1 Å². The summed E-state index contributed by atoms with van der Waals surface area (Å²) in [5, 5.41) is 52.2. The molecule has 2 fully saturated rings. The molecule has 10 rings (SSSR count). The van der Waals surface area contributed by atoms with Crippen molar-refractivity contribution in [3.8, 4) is 11.5 Å². The number of fused-ring (bicyclic) bond motifs is 9. The molecule has 3 aromatic heterocycles. The molecular formula is C91H128N24O20S. The summed E-state index contributed by atoms with van der Waals surface area (Å²) in [6.07, 6.45) is 5.83. The summed E-state index contributed by atoms with van der Waals surface area (Å²) in [6.45, 7) is 5.38. The number of nitrogens with one attached hydrogen (secondary N) is 16. The van der Waals surface area contributed by atoms with Gasteiger partial charge in [-0.15, -0.1) is 11.8 Å². The fourth-order valence-electron chi connectivity index (χ4n) is 16.4. The number of aromatic nitrogens is 4. The number of methoxy groups -OCH3 is 1. The molecule has 0 saturated carbocycles. The van der Waals surface area contributed by atoms with Gasteiger partial charge in [-0.2, -0.15) is 0 Å². The van der Waals surface area contributed by atoms with Gasteiger partial charge in [0.25, 0.3) is 0 Å². The number of hydrogen-bond acceptors (Lipinski definition) is 23. The van der Waals surface area contributed by atoms with Crippen LogP contribution in [-0.2, 0) is 107 Å². The molecule has 4 aliphatic rings. The molecule has 0 unspecified atom stereocenters. The van der Waals surface area contributed by atoms with Gasteiger partial charge < -0.3 is 129 Å². The summed E-state index contributed by atoms with van der Waals surface area (Å²) in [6, 6.07) is -1.25. The number of thioether (sulfide) groups is 1. The van der Waals surface area contributed by atoms with E-state index in [4.69, 9.17) is 26.4 Å². The number of unbranched alkanes of at least 4 members (excludes halogenated alkanes) is 2. The number of nitrogens with zero attached hydrogens (tertiary/aromatic N) is 6. The van der Waals surface area contributed by atoms with Crippen molar-refractivity contribution in [3.63, 3.8) is 0 Å². The third kappa shape index (κ3) is 29.6. The predicted octanol–water partition coefficient (Wildman–Crippen LogP) is -2.15. The Balaban J connectivity index is 1.10. The highest BCUT2D eigenvalue weighted by Gasteiger charge is 2.44. The molecule has 136 heavy (non-hydrogen) atoms. The molecule has 0 spiro atoms. The first-order valence-electron chi connectivity index (χ1n) is 45.5. The average molecular weight is 1910 g/mol. The second-order valence-corrected chi connectivity index (χ2v) is 35.6. The number of aliphatic hydroxyl groups is 1. The fraction of sp³-hybridized carbons (Fsp3) is 0.527. The fourth-order valence-corrected chi connectivity index (χ4v) is 17.2. The minimum Gasteiger partial charge on any atom is -0.493 e. The number of carbonyl (C=O) groups is 17. The monoisotopic (exact) mass is 1910 g/mol. The number of amides is 17. The molecule has 0 aliphatic carbocycles. The molecule has 21 N–H and O–H groups in total. The number of benzene rings is 3. The molecular weight excluding hydrogens is 1780 g/mol. The lowest BCUT2D eigenvalue weighted by Gasteiger charge is -2.36. The number of aliphatic hydroxyl groups excluding tert-OH is 1. The summed E-state index contributed by atoms with van der Waals surface area (Å²) >= 11 is 0.780. The topological polar surface area (TPSA) is 626 Å². The lowest BCUT2D eigenvalue weighted by molar-refractivity contribution is -0.149. The number of nitrogens with two attached hydrogens (primary N) is 2. The van der Waals surface area contributed by atoms with Crippen LogP contribution in [0.2, 0.25) is 0 Å². The average Bonchev–Trinajstić information content (AvgIpc) is 1.65. The van der Waals surface area contributed by atoms with Crippen LogP contribution in [0.5, 0.6) is 11.5 Å². The number of guanidine groups is 1. The van der Waals surface area contributed by atoms with Crippen molar-refractivity contribution in [3.05, 3.63) is 114 Å². The number of imidazole rings is 1. The number of primary amides is 1. The van der Waals surface area contributed by atoms with Crippen LogP contribution in [-0.4, -0.2) is 321 Å².